The molecule has 0 spiro atoms. The van der Waals surface area contributed by atoms with E-state index in [4.69, 9.17) is 0 Å². The molecule has 4 heteroatoms. The molecule has 0 aliphatic heterocycles. The van der Waals surface area contributed by atoms with Crippen molar-refractivity contribution in [1.82, 2.24) is 4.98 Å². The van der Waals surface area contributed by atoms with Crippen molar-refractivity contribution >= 4 is 22.5 Å². The Labute approximate surface area is 121 Å². The second kappa shape index (κ2) is 5.25. The second-order valence-electron chi connectivity index (χ2n) is 4.86. The Hall–Kier alpha value is -2.88. The van der Waals surface area contributed by atoms with Crippen LogP contribution in [0.2, 0.25) is 0 Å². The lowest BCUT2D eigenvalue weighted by atomic mass is 10.1. The normalized spacial score (nSPS) is 10.5. The topological polar surface area (TPSA) is 62.0 Å². The van der Waals surface area contributed by atoms with E-state index in [0.29, 0.717) is 16.6 Å². The number of aromatic amines is 1. The summed E-state index contributed by atoms with van der Waals surface area (Å²) in [5, 5.41) is 3.37. The Bertz CT molecular complexity index is 867. The Morgan fingerprint density at radius 1 is 1.05 bits per heavy atom. The molecule has 21 heavy (non-hydrogen) atoms. The van der Waals surface area contributed by atoms with Crippen molar-refractivity contribution in [2.24, 2.45) is 0 Å². The molecule has 4 nitrogen and oxygen atoms in total. The summed E-state index contributed by atoms with van der Waals surface area (Å²) >= 11 is 0. The van der Waals surface area contributed by atoms with Gasteiger partial charge in [0.1, 0.15) is 5.69 Å². The summed E-state index contributed by atoms with van der Waals surface area (Å²) in [7, 11) is 0. The molecule has 0 fully saturated rings. The van der Waals surface area contributed by atoms with Gasteiger partial charge in [-0.2, -0.15) is 0 Å². The van der Waals surface area contributed by atoms with E-state index in [-0.39, 0.29) is 17.0 Å². The molecule has 0 unspecified atom stereocenters. The van der Waals surface area contributed by atoms with Gasteiger partial charge in [-0.25, -0.2) is 0 Å². The highest BCUT2D eigenvalue weighted by Crippen LogP contribution is 2.13. The maximum Gasteiger partial charge on any atom is 0.272 e. The number of fused-ring (bicyclic) bond motifs is 1. The van der Waals surface area contributed by atoms with Crippen LogP contribution in [0.1, 0.15) is 16.1 Å². The first kappa shape index (κ1) is 13.1. The standard InChI is InChI=1S/C17H14N2O2/c1-11-6-5-9-13-16(11)15(20)10-14(19-13)17(21)18-12-7-3-2-4-8-12/h2-10H,1H3,(H,18,21)(H,19,20). The van der Waals surface area contributed by atoms with Crippen LogP contribution in [0.25, 0.3) is 10.9 Å². The number of nitrogens with one attached hydrogen (secondary N) is 2. The average Bonchev–Trinajstić information content (AvgIpc) is 2.48. The highest BCUT2D eigenvalue weighted by molar-refractivity contribution is 6.04. The summed E-state index contributed by atoms with van der Waals surface area (Å²) in [6, 6.07) is 16.0. The van der Waals surface area contributed by atoms with Crippen molar-refractivity contribution in [1.29, 1.82) is 0 Å². The van der Waals surface area contributed by atoms with Crippen molar-refractivity contribution in [2.45, 2.75) is 6.92 Å². The predicted molar refractivity (Wildman–Crippen MR) is 83.7 cm³/mol. The van der Waals surface area contributed by atoms with Crippen LogP contribution in [-0.4, -0.2) is 10.9 Å². The predicted octanol–water partition coefficient (Wildman–Crippen LogP) is 3.09. The number of amides is 1. The lowest BCUT2D eigenvalue weighted by molar-refractivity contribution is 0.102. The molecule has 0 radical (unpaired) electrons. The number of carbonyl (C=O) groups excluding carboxylic acids is 1. The van der Waals surface area contributed by atoms with E-state index in [9.17, 15) is 9.59 Å². The Morgan fingerprint density at radius 2 is 1.81 bits per heavy atom. The Balaban J connectivity index is 2.02. The SMILES string of the molecule is Cc1cccc2[nH]c(C(=O)Nc3ccccc3)cc(=O)c12. The zero-order valence-corrected chi connectivity index (χ0v) is 11.5. The molecule has 1 aromatic heterocycles. The molecule has 0 saturated heterocycles. The minimum absolute atomic E-state index is 0.153. The fraction of sp³-hybridized carbons (Fsp3) is 0.0588. The van der Waals surface area contributed by atoms with Crippen LogP contribution in [0.4, 0.5) is 5.69 Å². The van der Waals surface area contributed by atoms with Crippen LogP contribution in [0.3, 0.4) is 0 Å². The Kier molecular flexibility index (Phi) is 3.28. The fourth-order valence-electron chi connectivity index (χ4n) is 2.33. The number of aryl methyl sites for hydroxylation is 1. The van der Waals surface area contributed by atoms with Gasteiger partial charge in [0.05, 0.1) is 5.52 Å². The van der Waals surface area contributed by atoms with E-state index in [1.165, 1.54) is 6.07 Å². The van der Waals surface area contributed by atoms with Gasteiger partial charge in [0.2, 0.25) is 0 Å². The maximum absolute atomic E-state index is 12.2. The van der Waals surface area contributed by atoms with Crippen LogP contribution in [-0.2, 0) is 0 Å². The van der Waals surface area contributed by atoms with Crippen molar-refractivity contribution in [3.05, 3.63) is 76.1 Å². The molecule has 104 valence electrons. The van der Waals surface area contributed by atoms with Gasteiger partial charge in [-0.05, 0) is 30.7 Å². The van der Waals surface area contributed by atoms with Gasteiger partial charge >= 0.3 is 0 Å². The second-order valence-corrected chi connectivity index (χ2v) is 4.86. The number of benzene rings is 2. The van der Waals surface area contributed by atoms with Crippen LogP contribution >= 0.6 is 0 Å². The van der Waals surface area contributed by atoms with Crippen LogP contribution in [0, 0.1) is 6.92 Å². The molecule has 3 aromatic rings. The van der Waals surface area contributed by atoms with Gasteiger partial charge in [0, 0.05) is 17.1 Å². The van der Waals surface area contributed by atoms with Gasteiger partial charge in [-0.15, -0.1) is 0 Å². The third kappa shape index (κ3) is 2.56. The zero-order chi connectivity index (χ0) is 14.8. The molecule has 0 aliphatic carbocycles. The highest BCUT2D eigenvalue weighted by atomic mass is 16.2. The van der Waals surface area contributed by atoms with E-state index < -0.39 is 0 Å². The van der Waals surface area contributed by atoms with Gasteiger partial charge in [0.25, 0.3) is 5.91 Å². The summed E-state index contributed by atoms with van der Waals surface area (Å²) in [6.45, 7) is 1.88. The average molecular weight is 278 g/mol. The molecule has 1 heterocycles. The fourth-order valence-corrected chi connectivity index (χ4v) is 2.33. The summed E-state index contributed by atoms with van der Waals surface area (Å²) < 4.78 is 0. The number of rotatable bonds is 2. The van der Waals surface area contributed by atoms with E-state index in [2.05, 4.69) is 10.3 Å². The number of H-pyrrole nitrogens is 1. The Morgan fingerprint density at radius 3 is 2.57 bits per heavy atom. The third-order valence-electron chi connectivity index (χ3n) is 3.34. The molecule has 3 rings (SSSR count). The molecule has 2 N–H and O–H groups in total. The van der Waals surface area contributed by atoms with Gasteiger partial charge < -0.3 is 10.3 Å². The van der Waals surface area contributed by atoms with E-state index >= 15 is 0 Å². The summed E-state index contributed by atoms with van der Waals surface area (Å²) in [5.41, 5.74) is 2.35. The lowest BCUT2D eigenvalue weighted by Gasteiger charge is -2.07. The van der Waals surface area contributed by atoms with Crippen molar-refractivity contribution in [2.75, 3.05) is 5.32 Å². The quantitative estimate of drug-likeness (QED) is 0.756. The molecule has 0 bridgehead atoms. The number of para-hydroxylation sites is 1. The zero-order valence-electron chi connectivity index (χ0n) is 11.5. The van der Waals surface area contributed by atoms with Crippen LogP contribution in [0.5, 0.6) is 0 Å². The molecule has 0 atom stereocenters. The van der Waals surface area contributed by atoms with Crippen LogP contribution < -0.4 is 10.7 Å². The maximum atomic E-state index is 12.2. The molecule has 0 saturated carbocycles. The van der Waals surface area contributed by atoms with E-state index in [1.807, 2.05) is 37.3 Å². The largest absolute Gasteiger partial charge is 0.350 e. The number of hydrogen-bond donors (Lipinski definition) is 2. The number of carbonyl (C=O) groups is 1. The molecule has 1 amide bonds. The van der Waals surface area contributed by atoms with E-state index in [0.717, 1.165) is 5.56 Å². The summed E-state index contributed by atoms with van der Waals surface area (Å²) in [4.78, 5) is 27.4. The summed E-state index contributed by atoms with van der Waals surface area (Å²) in [6.07, 6.45) is 0. The van der Waals surface area contributed by atoms with E-state index in [1.54, 1.807) is 18.2 Å². The smallest absolute Gasteiger partial charge is 0.272 e. The number of aromatic nitrogens is 1. The van der Waals surface area contributed by atoms with Gasteiger partial charge in [-0.3, -0.25) is 9.59 Å². The molecular weight excluding hydrogens is 264 g/mol. The first-order valence-corrected chi connectivity index (χ1v) is 6.64. The molecular formula is C17H14N2O2. The van der Waals surface area contributed by atoms with Crippen LogP contribution in [0.15, 0.2) is 59.4 Å². The van der Waals surface area contributed by atoms with Gasteiger partial charge in [0.15, 0.2) is 5.43 Å². The number of anilines is 1. The highest BCUT2D eigenvalue weighted by Gasteiger charge is 2.10. The first-order valence-electron chi connectivity index (χ1n) is 6.64. The van der Waals surface area contributed by atoms with Crippen molar-refractivity contribution < 1.29 is 4.79 Å². The minimum atomic E-state index is -0.332. The minimum Gasteiger partial charge on any atom is -0.350 e. The number of pyridine rings is 1. The number of hydrogen-bond acceptors (Lipinski definition) is 2. The van der Waals surface area contributed by atoms with Crippen molar-refractivity contribution in [3.63, 3.8) is 0 Å². The lowest BCUT2D eigenvalue weighted by Crippen LogP contribution is -2.17. The molecule has 0 aliphatic rings. The monoisotopic (exact) mass is 278 g/mol. The first-order chi connectivity index (χ1) is 10.1. The molecule has 2 aromatic carbocycles. The van der Waals surface area contributed by atoms with Crippen molar-refractivity contribution in [3.8, 4) is 0 Å². The summed E-state index contributed by atoms with van der Waals surface area (Å²) in [5.74, 6) is -0.332. The van der Waals surface area contributed by atoms with Gasteiger partial charge in [-0.1, -0.05) is 30.3 Å². The third-order valence-corrected chi connectivity index (χ3v) is 3.34.